The van der Waals surface area contributed by atoms with E-state index < -0.39 is 12.6 Å². The average molecular weight is 432 g/mol. The Balaban J connectivity index is 1.68. The summed E-state index contributed by atoms with van der Waals surface area (Å²) in [5, 5.41) is 4.79. The predicted octanol–water partition coefficient (Wildman–Crippen LogP) is 4.00. The molecule has 1 saturated heterocycles. The quantitative estimate of drug-likeness (QED) is 0.607. The van der Waals surface area contributed by atoms with Crippen molar-refractivity contribution in [2.24, 2.45) is 7.05 Å². The number of ether oxygens (including phenoxy) is 1. The molecular formula is C21H23F3N6O. The molecule has 164 valence electrons. The van der Waals surface area contributed by atoms with Crippen LogP contribution >= 0.6 is 0 Å². The van der Waals surface area contributed by atoms with Gasteiger partial charge in [0.15, 0.2) is 5.65 Å². The molecule has 3 aromatic heterocycles. The van der Waals surface area contributed by atoms with Crippen molar-refractivity contribution in [2.75, 3.05) is 24.6 Å². The van der Waals surface area contributed by atoms with Crippen LogP contribution in [0.5, 0.6) is 0 Å². The van der Waals surface area contributed by atoms with Crippen LogP contribution in [-0.4, -0.2) is 50.6 Å². The van der Waals surface area contributed by atoms with Crippen molar-refractivity contribution in [3.05, 3.63) is 48.1 Å². The summed E-state index contributed by atoms with van der Waals surface area (Å²) in [7, 11) is 1.84. The third kappa shape index (κ3) is 4.84. The Hall–Kier alpha value is -3.01. The van der Waals surface area contributed by atoms with Gasteiger partial charge in [0.2, 0.25) is 5.95 Å². The summed E-state index contributed by atoms with van der Waals surface area (Å²) in [6.45, 7) is 7.24. The van der Waals surface area contributed by atoms with Crippen LogP contribution in [0.4, 0.5) is 19.1 Å². The van der Waals surface area contributed by atoms with Crippen molar-refractivity contribution in [1.29, 1.82) is 0 Å². The van der Waals surface area contributed by atoms with Crippen LogP contribution < -0.4 is 4.90 Å². The van der Waals surface area contributed by atoms with Crippen molar-refractivity contribution in [3.8, 4) is 0 Å². The average Bonchev–Trinajstić information content (AvgIpc) is 3.17. The first-order valence-electron chi connectivity index (χ1n) is 9.95. The van der Waals surface area contributed by atoms with E-state index in [4.69, 9.17) is 4.74 Å². The van der Waals surface area contributed by atoms with Gasteiger partial charge < -0.3 is 9.64 Å². The molecule has 1 fully saturated rings. The summed E-state index contributed by atoms with van der Waals surface area (Å²) in [6, 6.07) is 3.58. The summed E-state index contributed by atoms with van der Waals surface area (Å²) in [4.78, 5) is 15.7. The molecule has 1 unspecified atom stereocenters. The van der Waals surface area contributed by atoms with E-state index >= 15 is 0 Å². The first kappa shape index (κ1) is 21.2. The molecule has 4 rings (SSSR count). The molecule has 7 nitrogen and oxygen atoms in total. The van der Waals surface area contributed by atoms with E-state index in [9.17, 15) is 13.2 Å². The Labute approximate surface area is 177 Å². The molecule has 0 amide bonds. The molecule has 0 bridgehead atoms. The monoisotopic (exact) mass is 432 g/mol. The van der Waals surface area contributed by atoms with Crippen molar-refractivity contribution in [1.82, 2.24) is 24.7 Å². The summed E-state index contributed by atoms with van der Waals surface area (Å²) in [5.41, 5.74) is 2.86. The Kier molecular flexibility index (Phi) is 5.65. The van der Waals surface area contributed by atoms with E-state index in [2.05, 4.69) is 26.6 Å². The van der Waals surface area contributed by atoms with Crippen LogP contribution in [0.15, 0.2) is 31.1 Å². The lowest BCUT2D eigenvalue weighted by molar-refractivity contribution is -0.133. The van der Waals surface area contributed by atoms with Gasteiger partial charge in [-0.05, 0) is 31.1 Å². The number of anilines is 1. The molecule has 1 atom stereocenters. The van der Waals surface area contributed by atoms with Gasteiger partial charge in [0.1, 0.15) is 6.10 Å². The molecule has 0 radical (unpaired) electrons. The number of hydrogen-bond donors (Lipinski definition) is 0. The number of morpholine rings is 1. The molecule has 0 N–H and O–H groups in total. The Bertz CT molecular complexity index is 1110. The van der Waals surface area contributed by atoms with E-state index in [-0.39, 0.29) is 12.5 Å². The smallest absolute Gasteiger partial charge is 0.370 e. The van der Waals surface area contributed by atoms with E-state index in [1.807, 2.05) is 25.1 Å². The lowest BCUT2D eigenvalue weighted by Gasteiger charge is -2.32. The van der Waals surface area contributed by atoms with Gasteiger partial charge in [0, 0.05) is 42.9 Å². The standard InChI is InChI=1S/C21H23F3N6O/c1-13(6-7-21(22,23)24)18-16-5-4-14(2)26-19(16)28-20(27-18)30-8-9-31-17(12-30)15-10-25-29(3)11-15/h4-5,10-11,17H,1,6-9,12H2,2-3H3. The Morgan fingerprint density at radius 3 is 2.77 bits per heavy atom. The van der Waals surface area contributed by atoms with Crippen molar-refractivity contribution < 1.29 is 17.9 Å². The molecule has 0 saturated carbocycles. The number of fused-ring (bicyclic) bond motifs is 1. The number of aromatic nitrogens is 5. The molecular weight excluding hydrogens is 409 g/mol. The summed E-state index contributed by atoms with van der Waals surface area (Å²) < 4.78 is 45.9. The minimum atomic E-state index is -4.26. The minimum absolute atomic E-state index is 0.205. The van der Waals surface area contributed by atoms with Gasteiger partial charge in [0.05, 0.1) is 25.0 Å². The number of rotatable bonds is 5. The fourth-order valence-electron chi connectivity index (χ4n) is 3.55. The molecule has 0 spiro atoms. The van der Waals surface area contributed by atoms with Crippen LogP contribution in [0, 0.1) is 6.92 Å². The zero-order chi connectivity index (χ0) is 22.2. The Morgan fingerprint density at radius 1 is 1.26 bits per heavy atom. The van der Waals surface area contributed by atoms with E-state index in [1.165, 1.54) is 0 Å². The molecule has 0 aromatic carbocycles. The fraction of sp³-hybridized carbons (Fsp3) is 0.429. The summed E-state index contributed by atoms with van der Waals surface area (Å²) in [5.74, 6) is 0.408. The maximum absolute atomic E-state index is 12.8. The van der Waals surface area contributed by atoms with Gasteiger partial charge in [-0.2, -0.15) is 23.3 Å². The predicted molar refractivity (Wildman–Crippen MR) is 111 cm³/mol. The first-order chi connectivity index (χ1) is 14.7. The number of nitrogens with zero attached hydrogens (tertiary/aromatic N) is 6. The maximum atomic E-state index is 12.8. The lowest BCUT2D eigenvalue weighted by atomic mass is 10.0. The highest BCUT2D eigenvalue weighted by Crippen LogP contribution is 2.31. The van der Waals surface area contributed by atoms with Crippen LogP contribution in [-0.2, 0) is 11.8 Å². The van der Waals surface area contributed by atoms with Gasteiger partial charge in [0.25, 0.3) is 0 Å². The van der Waals surface area contributed by atoms with Crippen LogP contribution in [0.25, 0.3) is 16.6 Å². The van der Waals surface area contributed by atoms with Crippen molar-refractivity contribution in [3.63, 3.8) is 0 Å². The highest BCUT2D eigenvalue weighted by atomic mass is 19.4. The number of halogens is 3. The lowest BCUT2D eigenvalue weighted by Crippen LogP contribution is -2.39. The maximum Gasteiger partial charge on any atom is 0.389 e. The number of hydrogen-bond acceptors (Lipinski definition) is 6. The van der Waals surface area contributed by atoms with Gasteiger partial charge in [-0.1, -0.05) is 6.58 Å². The molecule has 1 aliphatic heterocycles. The van der Waals surface area contributed by atoms with Crippen LogP contribution in [0.3, 0.4) is 0 Å². The zero-order valence-electron chi connectivity index (χ0n) is 17.4. The minimum Gasteiger partial charge on any atom is -0.370 e. The number of allylic oxidation sites excluding steroid dienone is 1. The van der Waals surface area contributed by atoms with Crippen molar-refractivity contribution >= 4 is 22.6 Å². The Morgan fingerprint density at radius 2 is 2.06 bits per heavy atom. The van der Waals surface area contributed by atoms with Gasteiger partial charge >= 0.3 is 6.18 Å². The summed E-state index contributed by atoms with van der Waals surface area (Å²) in [6.07, 6.45) is -2.00. The van der Waals surface area contributed by atoms with Gasteiger partial charge in [-0.15, -0.1) is 0 Å². The van der Waals surface area contributed by atoms with Crippen molar-refractivity contribution in [2.45, 2.75) is 32.0 Å². The second-order valence-electron chi connectivity index (χ2n) is 7.67. The fourth-order valence-corrected chi connectivity index (χ4v) is 3.55. The molecule has 10 heteroatoms. The normalized spacial score (nSPS) is 17.3. The van der Waals surface area contributed by atoms with E-state index in [1.54, 1.807) is 23.0 Å². The molecule has 31 heavy (non-hydrogen) atoms. The molecule has 4 heterocycles. The van der Waals surface area contributed by atoms with Gasteiger partial charge in [-0.3, -0.25) is 4.68 Å². The largest absolute Gasteiger partial charge is 0.389 e. The molecule has 3 aromatic rings. The third-order valence-electron chi connectivity index (χ3n) is 5.18. The van der Waals surface area contributed by atoms with E-state index in [0.717, 1.165) is 11.3 Å². The van der Waals surface area contributed by atoms with Crippen LogP contribution in [0.1, 0.15) is 35.9 Å². The van der Waals surface area contributed by atoms with E-state index in [0.29, 0.717) is 47.9 Å². The number of aryl methyl sites for hydroxylation is 2. The number of alkyl halides is 3. The van der Waals surface area contributed by atoms with Crippen LogP contribution in [0.2, 0.25) is 0 Å². The second kappa shape index (κ2) is 8.26. The summed E-state index contributed by atoms with van der Waals surface area (Å²) >= 11 is 0. The van der Waals surface area contributed by atoms with Gasteiger partial charge in [-0.25, -0.2) is 9.97 Å². The first-order valence-corrected chi connectivity index (χ1v) is 9.95. The number of pyridine rings is 1. The topological polar surface area (TPSA) is 69.0 Å². The third-order valence-corrected chi connectivity index (χ3v) is 5.18. The highest BCUT2D eigenvalue weighted by molar-refractivity contribution is 5.88. The second-order valence-corrected chi connectivity index (χ2v) is 7.67. The molecule has 1 aliphatic rings. The highest BCUT2D eigenvalue weighted by Gasteiger charge is 2.29. The molecule has 0 aliphatic carbocycles. The zero-order valence-corrected chi connectivity index (χ0v) is 17.4. The SMILES string of the molecule is C=C(CCC(F)(F)F)c1nc(N2CCOC(c3cnn(C)c3)C2)nc2nc(C)ccc12.